The molecule has 7 heteroatoms. The summed E-state index contributed by atoms with van der Waals surface area (Å²) in [6.07, 6.45) is 1.07. The highest BCUT2D eigenvalue weighted by Crippen LogP contribution is 2.17. The molecule has 0 radical (unpaired) electrons. The summed E-state index contributed by atoms with van der Waals surface area (Å²) in [7, 11) is 0. The van der Waals surface area contributed by atoms with Crippen LogP contribution >= 0.6 is 0 Å². The Hall–Kier alpha value is -2.44. The summed E-state index contributed by atoms with van der Waals surface area (Å²) in [4.78, 5) is 17.6. The number of carbonyl (C=O) groups excluding carboxylic acids is 1. The molecule has 2 rings (SSSR count). The molecule has 5 nitrogen and oxygen atoms in total. The average molecular weight is 337 g/mol. The van der Waals surface area contributed by atoms with Gasteiger partial charge in [-0.1, -0.05) is 6.07 Å². The van der Waals surface area contributed by atoms with Crippen LogP contribution in [-0.2, 0) is 11.3 Å². The molecular weight excluding hydrogens is 316 g/mol. The van der Waals surface area contributed by atoms with Gasteiger partial charge in [0.2, 0.25) is 0 Å². The number of nitrogens with zero attached hydrogens (tertiary/aromatic N) is 2. The molecule has 0 aromatic heterocycles. The van der Waals surface area contributed by atoms with Crippen molar-refractivity contribution < 1.29 is 18.3 Å². The molecule has 130 valence electrons. The Bertz CT molecular complexity index is 694. The van der Waals surface area contributed by atoms with Crippen LogP contribution in [0.25, 0.3) is 0 Å². The zero-order chi connectivity index (χ0) is 17.9. The van der Waals surface area contributed by atoms with Gasteiger partial charge < -0.3 is 10.5 Å². The number of benzene rings is 1. The second-order valence-corrected chi connectivity index (χ2v) is 6.59. The maximum Gasteiger partial charge on any atom is 0.410 e. The lowest BCUT2D eigenvalue weighted by Gasteiger charge is -2.24. The molecule has 0 spiro atoms. The summed E-state index contributed by atoms with van der Waals surface area (Å²) in [5, 5.41) is 0. The van der Waals surface area contributed by atoms with Crippen molar-refractivity contribution in [3.63, 3.8) is 0 Å². The highest BCUT2D eigenvalue weighted by molar-refractivity contribution is 5.83. The van der Waals surface area contributed by atoms with Gasteiger partial charge in [-0.15, -0.1) is 0 Å². The number of amides is 1. The normalized spacial score (nSPS) is 15.5. The van der Waals surface area contributed by atoms with Crippen LogP contribution in [0.3, 0.4) is 0 Å². The van der Waals surface area contributed by atoms with E-state index in [1.807, 2.05) is 0 Å². The SMILES string of the molecule is CC(C)(C)OC(=O)N1CC(N)=C(C=NCc2ccc(F)cc2F)C1. The zero-order valence-corrected chi connectivity index (χ0v) is 14.0. The molecule has 0 bridgehead atoms. The van der Waals surface area contributed by atoms with E-state index in [4.69, 9.17) is 10.5 Å². The summed E-state index contributed by atoms with van der Waals surface area (Å²) in [5.74, 6) is -1.27. The second kappa shape index (κ2) is 6.98. The second-order valence-electron chi connectivity index (χ2n) is 6.59. The van der Waals surface area contributed by atoms with E-state index in [0.717, 1.165) is 6.07 Å². The van der Waals surface area contributed by atoms with Crippen LogP contribution in [-0.4, -0.2) is 35.9 Å². The van der Waals surface area contributed by atoms with Crippen LogP contribution in [0.2, 0.25) is 0 Å². The van der Waals surface area contributed by atoms with Gasteiger partial charge in [-0.05, 0) is 26.8 Å². The Kier molecular flexibility index (Phi) is 5.21. The number of aliphatic imine (C=N–C) groups is 1. The van der Waals surface area contributed by atoms with Gasteiger partial charge >= 0.3 is 6.09 Å². The number of rotatable bonds is 3. The zero-order valence-electron chi connectivity index (χ0n) is 14.0. The third-order valence-electron chi connectivity index (χ3n) is 3.31. The van der Waals surface area contributed by atoms with Crippen LogP contribution in [0, 0.1) is 11.6 Å². The Labute approximate surface area is 139 Å². The Morgan fingerprint density at radius 3 is 2.71 bits per heavy atom. The van der Waals surface area contributed by atoms with Crippen molar-refractivity contribution in [3.8, 4) is 0 Å². The van der Waals surface area contributed by atoms with Crippen LogP contribution in [0.4, 0.5) is 13.6 Å². The summed E-state index contributed by atoms with van der Waals surface area (Å²) >= 11 is 0. The maximum absolute atomic E-state index is 13.5. The predicted molar refractivity (Wildman–Crippen MR) is 87.6 cm³/mol. The fraction of sp³-hybridized carbons (Fsp3) is 0.412. The van der Waals surface area contributed by atoms with E-state index >= 15 is 0 Å². The molecule has 24 heavy (non-hydrogen) atoms. The van der Waals surface area contributed by atoms with E-state index in [1.54, 1.807) is 20.8 Å². The van der Waals surface area contributed by atoms with Crippen molar-refractivity contribution in [2.24, 2.45) is 10.7 Å². The number of hydrogen-bond acceptors (Lipinski definition) is 4. The average Bonchev–Trinajstić information content (AvgIpc) is 2.81. The number of carbonyl (C=O) groups is 1. The van der Waals surface area contributed by atoms with Gasteiger partial charge in [0.1, 0.15) is 17.2 Å². The van der Waals surface area contributed by atoms with Gasteiger partial charge in [-0.25, -0.2) is 13.6 Å². The van der Waals surface area contributed by atoms with Gasteiger partial charge in [0, 0.05) is 29.1 Å². The first kappa shape index (κ1) is 17.9. The van der Waals surface area contributed by atoms with E-state index in [-0.39, 0.29) is 25.2 Å². The van der Waals surface area contributed by atoms with E-state index in [0.29, 0.717) is 11.3 Å². The third kappa shape index (κ3) is 4.78. The van der Waals surface area contributed by atoms with Gasteiger partial charge in [0.25, 0.3) is 0 Å². The topological polar surface area (TPSA) is 67.9 Å². The highest BCUT2D eigenvalue weighted by Gasteiger charge is 2.27. The Morgan fingerprint density at radius 1 is 1.38 bits per heavy atom. The Morgan fingerprint density at radius 2 is 2.08 bits per heavy atom. The third-order valence-corrected chi connectivity index (χ3v) is 3.31. The summed E-state index contributed by atoms with van der Waals surface area (Å²) in [6, 6.07) is 3.35. The molecule has 0 unspecified atom stereocenters. The lowest BCUT2D eigenvalue weighted by Crippen LogP contribution is -2.36. The fourth-order valence-corrected chi connectivity index (χ4v) is 2.15. The van der Waals surface area contributed by atoms with Gasteiger partial charge in [0.05, 0.1) is 19.6 Å². The molecule has 1 aliphatic rings. The molecule has 0 aliphatic carbocycles. The first-order valence-electron chi connectivity index (χ1n) is 7.55. The van der Waals surface area contributed by atoms with Gasteiger partial charge in [-0.3, -0.25) is 9.89 Å². The van der Waals surface area contributed by atoms with Crippen LogP contribution in [0.15, 0.2) is 34.5 Å². The van der Waals surface area contributed by atoms with E-state index in [2.05, 4.69) is 4.99 Å². The highest BCUT2D eigenvalue weighted by atomic mass is 19.1. The smallest absolute Gasteiger partial charge is 0.410 e. The Balaban J connectivity index is 1.95. The monoisotopic (exact) mass is 337 g/mol. The van der Waals surface area contributed by atoms with Crippen molar-refractivity contribution in [2.45, 2.75) is 32.9 Å². The molecule has 0 saturated carbocycles. The minimum Gasteiger partial charge on any atom is -0.444 e. The molecule has 1 aliphatic heterocycles. The number of nitrogens with two attached hydrogens (primary N) is 1. The van der Waals surface area contributed by atoms with E-state index in [1.165, 1.54) is 23.2 Å². The molecule has 0 atom stereocenters. The summed E-state index contributed by atoms with van der Waals surface area (Å²) < 4.78 is 31.7. The molecule has 2 N–H and O–H groups in total. The van der Waals surface area contributed by atoms with Crippen LogP contribution in [0.1, 0.15) is 26.3 Å². The quantitative estimate of drug-likeness (QED) is 0.862. The van der Waals surface area contributed by atoms with Crippen LogP contribution in [0.5, 0.6) is 0 Å². The largest absolute Gasteiger partial charge is 0.444 e. The molecular formula is C17H21F2N3O2. The van der Waals surface area contributed by atoms with Crippen molar-refractivity contribution >= 4 is 12.3 Å². The van der Waals surface area contributed by atoms with Gasteiger partial charge in [-0.2, -0.15) is 0 Å². The fourth-order valence-electron chi connectivity index (χ4n) is 2.15. The van der Waals surface area contributed by atoms with Crippen molar-refractivity contribution in [1.29, 1.82) is 0 Å². The van der Waals surface area contributed by atoms with E-state index < -0.39 is 23.3 Å². The number of ether oxygens (including phenoxy) is 1. The summed E-state index contributed by atoms with van der Waals surface area (Å²) in [6.45, 7) is 5.98. The first-order valence-corrected chi connectivity index (χ1v) is 7.55. The van der Waals surface area contributed by atoms with Crippen molar-refractivity contribution in [1.82, 2.24) is 4.90 Å². The van der Waals surface area contributed by atoms with Crippen molar-refractivity contribution in [3.05, 3.63) is 46.7 Å². The number of hydrogen-bond donors (Lipinski definition) is 1. The first-order chi connectivity index (χ1) is 11.2. The lowest BCUT2D eigenvalue weighted by molar-refractivity contribution is 0.0300. The molecule has 1 heterocycles. The number of halogens is 2. The maximum atomic E-state index is 13.5. The molecule has 1 amide bonds. The molecule has 0 saturated heterocycles. The molecule has 0 fully saturated rings. The van der Waals surface area contributed by atoms with Crippen LogP contribution < -0.4 is 5.73 Å². The molecule has 1 aromatic rings. The standard InChI is InChI=1S/C17H21F2N3O2/c1-17(2,3)24-16(23)22-9-12(15(20)10-22)8-21-7-11-4-5-13(18)6-14(11)19/h4-6,8H,7,9-10,20H2,1-3H3. The predicted octanol–water partition coefficient (Wildman–Crippen LogP) is 3.00. The van der Waals surface area contributed by atoms with Gasteiger partial charge in [0.15, 0.2) is 0 Å². The lowest BCUT2D eigenvalue weighted by atomic mass is 10.2. The van der Waals surface area contributed by atoms with E-state index in [9.17, 15) is 13.6 Å². The minimum absolute atomic E-state index is 0.0648. The molecule has 1 aromatic carbocycles. The van der Waals surface area contributed by atoms with Crippen molar-refractivity contribution in [2.75, 3.05) is 13.1 Å². The summed E-state index contributed by atoms with van der Waals surface area (Å²) in [5.41, 5.74) is 6.82. The minimum atomic E-state index is -0.643.